The molecule has 1 unspecified atom stereocenters. The fourth-order valence-corrected chi connectivity index (χ4v) is 4.58. The molecular formula is C31H40FN2O6P. The third kappa shape index (κ3) is 12.3. The fraction of sp³-hybridized carbons (Fsp3) is 0.355. The molecule has 0 aliphatic heterocycles. The van der Waals surface area contributed by atoms with Crippen LogP contribution in [0, 0.1) is 19.7 Å². The molecule has 0 fully saturated rings. The molecule has 3 rings (SSSR count). The first-order chi connectivity index (χ1) is 19.7. The van der Waals surface area contributed by atoms with Crippen molar-refractivity contribution in [3.8, 4) is 11.5 Å². The van der Waals surface area contributed by atoms with Gasteiger partial charge in [-0.25, -0.2) is 4.39 Å². The van der Waals surface area contributed by atoms with Crippen LogP contribution in [0.4, 0.5) is 4.39 Å². The highest BCUT2D eigenvalue weighted by molar-refractivity contribution is 7.35. The number of aromatic hydroxyl groups is 1. The van der Waals surface area contributed by atoms with Crippen molar-refractivity contribution in [3.63, 3.8) is 0 Å². The first-order valence-electron chi connectivity index (χ1n) is 13.4. The van der Waals surface area contributed by atoms with Gasteiger partial charge < -0.3 is 25.1 Å². The summed E-state index contributed by atoms with van der Waals surface area (Å²) in [7, 11) is 0.290. The molecule has 3 aromatic carbocycles. The van der Waals surface area contributed by atoms with Gasteiger partial charge in [-0.05, 0) is 107 Å². The van der Waals surface area contributed by atoms with Gasteiger partial charge in [0.1, 0.15) is 23.7 Å². The van der Waals surface area contributed by atoms with Crippen LogP contribution in [0.25, 0.3) is 0 Å². The highest BCUT2D eigenvalue weighted by Gasteiger charge is 2.10. The molecule has 0 spiro atoms. The first kappa shape index (κ1) is 33.7. The van der Waals surface area contributed by atoms with E-state index in [-0.39, 0.29) is 36.6 Å². The summed E-state index contributed by atoms with van der Waals surface area (Å²) in [5.74, 6) is 0.159. The van der Waals surface area contributed by atoms with Crippen molar-refractivity contribution in [3.05, 3.63) is 93.8 Å². The van der Waals surface area contributed by atoms with Gasteiger partial charge >= 0.3 is 11.9 Å². The number of carbonyl (C=O) groups is 2. The average Bonchev–Trinajstić information content (AvgIpc) is 2.94. The Labute approximate surface area is 243 Å². The Morgan fingerprint density at radius 3 is 2.10 bits per heavy atom. The molecule has 0 radical (unpaired) electrons. The summed E-state index contributed by atoms with van der Waals surface area (Å²) >= 11 is 0. The van der Waals surface area contributed by atoms with E-state index in [4.69, 9.17) is 15.2 Å². The summed E-state index contributed by atoms with van der Waals surface area (Å²) in [5, 5.41) is 13.4. The number of halogens is 1. The van der Waals surface area contributed by atoms with E-state index >= 15 is 0 Å². The number of rotatable bonds is 13. The predicted octanol–water partition coefficient (Wildman–Crippen LogP) is 4.92. The van der Waals surface area contributed by atoms with Crippen molar-refractivity contribution < 1.29 is 33.3 Å². The second-order valence-corrected chi connectivity index (χ2v) is 10.1. The van der Waals surface area contributed by atoms with E-state index < -0.39 is 0 Å². The number of nitrogens with two attached hydrogens (primary N) is 1. The van der Waals surface area contributed by atoms with E-state index in [1.807, 2.05) is 24.3 Å². The van der Waals surface area contributed by atoms with Crippen molar-refractivity contribution >= 4 is 20.7 Å². The summed E-state index contributed by atoms with van der Waals surface area (Å²) in [6.07, 6.45) is 1.75. The molecule has 41 heavy (non-hydrogen) atoms. The Morgan fingerprint density at radius 2 is 1.51 bits per heavy atom. The van der Waals surface area contributed by atoms with Crippen LogP contribution in [0.1, 0.15) is 47.2 Å². The molecule has 0 bridgehead atoms. The SMILES string of the molecule is CCOC(=O)CN.CCOC(=O)CNPCOc1cc(C)c(Cc2ccc(O)c(Cc3ccc(F)cc3)c2)c(C)c1. The van der Waals surface area contributed by atoms with Gasteiger partial charge in [0.2, 0.25) is 0 Å². The number of hydrogen-bond acceptors (Lipinski definition) is 8. The topological polar surface area (TPSA) is 120 Å². The van der Waals surface area contributed by atoms with Crippen LogP contribution in [-0.4, -0.2) is 49.7 Å². The lowest BCUT2D eigenvalue weighted by atomic mass is 9.93. The Morgan fingerprint density at radius 1 is 0.902 bits per heavy atom. The number of carbonyl (C=O) groups excluding carboxylic acids is 2. The highest BCUT2D eigenvalue weighted by Crippen LogP contribution is 2.28. The standard InChI is InChI=1S/C27H31FNO4P.C4H9NO2/c1-4-32-27(31)16-29-34-17-33-24-11-18(2)25(19(3)12-24)15-21-7-10-26(30)22(14-21)13-20-5-8-23(28)9-6-20;1-2-7-4(6)3-5/h5-12,14,29-30,34H,4,13,15-17H2,1-3H3;2-3,5H2,1H3. The number of hydrogen-bond donors (Lipinski definition) is 3. The van der Waals surface area contributed by atoms with Crippen LogP contribution in [0.3, 0.4) is 0 Å². The van der Waals surface area contributed by atoms with E-state index in [9.17, 15) is 19.1 Å². The van der Waals surface area contributed by atoms with Gasteiger partial charge in [-0.2, -0.15) is 0 Å². The first-order valence-corrected chi connectivity index (χ1v) is 14.6. The molecule has 0 saturated heterocycles. The third-order valence-electron chi connectivity index (χ3n) is 5.95. The van der Waals surface area contributed by atoms with Crippen LogP contribution < -0.4 is 15.6 Å². The number of phenols is 1. The minimum atomic E-state index is -0.345. The van der Waals surface area contributed by atoms with Gasteiger partial charge in [-0.15, -0.1) is 0 Å². The largest absolute Gasteiger partial charge is 0.508 e. The summed E-state index contributed by atoms with van der Waals surface area (Å²) < 4.78 is 28.4. The zero-order chi connectivity index (χ0) is 30.2. The Hall–Kier alpha value is -3.52. The monoisotopic (exact) mass is 586 g/mol. The van der Waals surface area contributed by atoms with Crippen LogP contribution in [0.15, 0.2) is 54.6 Å². The number of ether oxygens (including phenoxy) is 3. The van der Waals surface area contributed by atoms with Gasteiger partial charge in [0.05, 0.1) is 26.3 Å². The smallest absolute Gasteiger partial charge is 0.320 e. The molecule has 0 heterocycles. The maximum atomic E-state index is 13.2. The van der Waals surface area contributed by atoms with E-state index in [2.05, 4.69) is 23.7 Å². The van der Waals surface area contributed by atoms with Gasteiger partial charge in [-0.1, -0.05) is 24.3 Å². The second-order valence-electron chi connectivity index (χ2n) is 9.11. The molecule has 222 valence electrons. The number of aryl methyl sites for hydroxylation is 2. The molecule has 1 atom stereocenters. The molecule has 3 aromatic rings. The molecule has 0 aliphatic rings. The zero-order valence-corrected chi connectivity index (χ0v) is 25.1. The van der Waals surface area contributed by atoms with Gasteiger partial charge in [-0.3, -0.25) is 14.7 Å². The number of nitrogens with one attached hydrogen (secondary N) is 1. The molecule has 0 aliphatic carbocycles. The van der Waals surface area contributed by atoms with Crippen LogP contribution in [0.2, 0.25) is 0 Å². The van der Waals surface area contributed by atoms with Gasteiger partial charge in [0.25, 0.3) is 0 Å². The van der Waals surface area contributed by atoms with Crippen molar-refractivity contribution in [1.29, 1.82) is 0 Å². The summed E-state index contributed by atoms with van der Waals surface area (Å²) in [5.41, 5.74) is 11.2. The van der Waals surface area contributed by atoms with Gasteiger partial charge in [0, 0.05) is 6.42 Å². The Bertz CT molecular complexity index is 1250. The van der Waals surface area contributed by atoms with Crippen LogP contribution in [-0.2, 0) is 31.9 Å². The van der Waals surface area contributed by atoms with E-state index in [0.717, 1.165) is 40.0 Å². The maximum absolute atomic E-state index is 13.2. The van der Waals surface area contributed by atoms with E-state index in [1.165, 1.54) is 17.7 Å². The third-order valence-corrected chi connectivity index (χ3v) is 6.66. The molecule has 0 amide bonds. The lowest BCUT2D eigenvalue weighted by molar-refractivity contribution is -0.142. The summed E-state index contributed by atoms with van der Waals surface area (Å²) in [6.45, 7) is 8.61. The fourth-order valence-electron chi connectivity index (χ4n) is 3.97. The van der Waals surface area contributed by atoms with Crippen LogP contribution in [0.5, 0.6) is 11.5 Å². The van der Waals surface area contributed by atoms with E-state index in [0.29, 0.717) is 34.7 Å². The van der Waals surface area contributed by atoms with Crippen LogP contribution >= 0.6 is 8.73 Å². The van der Waals surface area contributed by atoms with E-state index in [1.54, 1.807) is 32.0 Å². The Kier molecular flexibility index (Phi) is 14.8. The second kappa shape index (κ2) is 18.0. The normalized spacial score (nSPS) is 10.7. The molecule has 10 heteroatoms. The van der Waals surface area contributed by atoms with Crippen molar-refractivity contribution in [2.24, 2.45) is 5.73 Å². The molecule has 4 N–H and O–H groups in total. The number of benzene rings is 3. The van der Waals surface area contributed by atoms with Crippen molar-refractivity contribution in [2.75, 3.05) is 32.7 Å². The molecular weight excluding hydrogens is 546 g/mol. The minimum absolute atomic E-state index is 0.0200. The lowest BCUT2D eigenvalue weighted by Gasteiger charge is -2.15. The van der Waals surface area contributed by atoms with Gasteiger partial charge in [0.15, 0.2) is 0 Å². The molecule has 0 aromatic heterocycles. The Balaban J connectivity index is 0.000000745. The number of esters is 2. The summed E-state index contributed by atoms with van der Waals surface area (Å²) in [6, 6.07) is 16.1. The predicted molar refractivity (Wildman–Crippen MR) is 160 cm³/mol. The molecule has 8 nitrogen and oxygen atoms in total. The van der Waals surface area contributed by atoms with Crippen molar-refractivity contribution in [1.82, 2.24) is 5.09 Å². The minimum Gasteiger partial charge on any atom is -0.508 e. The lowest BCUT2D eigenvalue weighted by Crippen LogP contribution is -2.19. The highest BCUT2D eigenvalue weighted by atomic mass is 31.1. The zero-order valence-electron chi connectivity index (χ0n) is 24.1. The summed E-state index contributed by atoms with van der Waals surface area (Å²) in [4.78, 5) is 21.4. The maximum Gasteiger partial charge on any atom is 0.320 e. The number of phenolic OH excluding ortho intramolecular Hbond substituents is 1. The molecule has 0 saturated carbocycles. The quantitative estimate of drug-likeness (QED) is 0.147. The average molecular weight is 587 g/mol. The van der Waals surface area contributed by atoms with Crippen molar-refractivity contribution in [2.45, 2.75) is 40.5 Å².